The van der Waals surface area contributed by atoms with Gasteiger partial charge < -0.3 is 10.6 Å². The van der Waals surface area contributed by atoms with Crippen LogP contribution in [0.5, 0.6) is 0 Å². The fourth-order valence-electron chi connectivity index (χ4n) is 1.87. The van der Waals surface area contributed by atoms with E-state index >= 15 is 0 Å². The fourth-order valence-corrected chi connectivity index (χ4v) is 2.04. The first-order valence-corrected chi connectivity index (χ1v) is 6.75. The van der Waals surface area contributed by atoms with E-state index < -0.39 is 0 Å². The third kappa shape index (κ3) is 3.48. The van der Waals surface area contributed by atoms with E-state index in [2.05, 4.69) is 15.6 Å². The van der Waals surface area contributed by atoms with Crippen molar-refractivity contribution >= 4 is 28.9 Å². The zero-order chi connectivity index (χ0) is 14.5. The van der Waals surface area contributed by atoms with Crippen LogP contribution in [0.4, 0.5) is 11.4 Å². The van der Waals surface area contributed by atoms with Crippen LogP contribution in [0, 0.1) is 6.92 Å². The van der Waals surface area contributed by atoms with Crippen LogP contribution in [0.2, 0.25) is 5.02 Å². The Morgan fingerprint density at radius 3 is 2.80 bits per heavy atom. The number of pyridine rings is 1. The first kappa shape index (κ1) is 14.3. The fraction of sp³-hybridized carbons (Fsp3) is 0.200. The van der Waals surface area contributed by atoms with E-state index in [9.17, 15) is 4.79 Å². The molecular formula is C15H16ClN3O. The molecule has 0 saturated carbocycles. The minimum absolute atomic E-state index is 0.200. The maximum atomic E-state index is 12.3. The molecule has 0 aliphatic rings. The van der Waals surface area contributed by atoms with Gasteiger partial charge >= 0.3 is 0 Å². The second-order valence-corrected chi connectivity index (χ2v) is 4.80. The van der Waals surface area contributed by atoms with Crippen molar-refractivity contribution in [2.45, 2.75) is 13.8 Å². The summed E-state index contributed by atoms with van der Waals surface area (Å²) in [5.41, 5.74) is 2.85. The van der Waals surface area contributed by atoms with Gasteiger partial charge in [0, 0.05) is 34.8 Å². The summed E-state index contributed by atoms with van der Waals surface area (Å²) < 4.78 is 0. The van der Waals surface area contributed by atoms with Crippen LogP contribution in [0.15, 0.2) is 36.5 Å². The molecule has 5 heteroatoms. The summed E-state index contributed by atoms with van der Waals surface area (Å²) in [5, 5.41) is 6.53. The third-order valence-corrected chi connectivity index (χ3v) is 2.98. The van der Waals surface area contributed by atoms with Crippen molar-refractivity contribution in [1.82, 2.24) is 4.98 Å². The molecule has 0 fully saturated rings. The zero-order valence-electron chi connectivity index (χ0n) is 11.4. The predicted octanol–water partition coefficient (Wildman–Crippen LogP) is 3.73. The minimum atomic E-state index is -0.200. The van der Waals surface area contributed by atoms with Crippen molar-refractivity contribution in [3.8, 4) is 0 Å². The molecule has 1 aromatic heterocycles. The average Bonchev–Trinajstić information content (AvgIpc) is 2.41. The third-order valence-electron chi connectivity index (χ3n) is 2.75. The number of rotatable bonds is 4. The second kappa shape index (κ2) is 6.39. The molecule has 20 heavy (non-hydrogen) atoms. The topological polar surface area (TPSA) is 54.0 Å². The van der Waals surface area contributed by atoms with Crippen LogP contribution in [-0.2, 0) is 0 Å². The first-order chi connectivity index (χ1) is 9.60. The number of hydrogen-bond donors (Lipinski definition) is 2. The lowest BCUT2D eigenvalue weighted by atomic mass is 10.1. The maximum absolute atomic E-state index is 12.3. The molecule has 1 amide bonds. The van der Waals surface area contributed by atoms with E-state index in [4.69, 9.17) is 11.6 Å². The van der Waals surface area contributed by atoms with Crippen LogP contribution in [-0.4, -0.2) is 17.4 Å². The van der Waals surface area contributed by atoms with E-state index in [1.54, 1.807) is 30.5 Å². The standard InChI is InChI=1S/C15H16ClN3O/c1-3-17-14-5-4-11(16)9-13(14)15(20)19-12-6-7-18-10(2)8-12/h4-9,17H,3H2,1-2H3,(H,18,19,20). The Morgan fingerprint density at radius 2 is 2.10 bits per heavy atom. The average molecular weight is 290 g/mol. The number of benzene rings is 1. The molecule has 0 bridgehead atoms. The lowest BCUT2D eigenvalue weighted by Crippen LogP contribution is -2.15. The van der Waals surface area contributed by atoms with Gasteiger partial charge in [-0.05, 0) is 44.2 Å². The van der Waals surface area contributed by atoms with Crippen molar-refractivity contribution in [3.63, 3.8) is 0 Å². The molecule has 1 heterocycles. The van der Waals surface area contributed by atoms with Gasteiger partial charge in [-0.25, -0.2) is 0 Å². The molecule has 4 nitrogen and oxygen atoms in total. The number of amides is 1. The van der Waals surface area contributed by atoms with E-state index in [1.165, 1.54) is 0 Å². The Balaban J connectivity index is 2.26. The molecule has 2 rings (SSSR count). The number of halogens is 1. The van der Waals surface area contributed by atoms with Gasteiger partial charge in [-0.1, -0.05) is 11.6 Å². The number of aryl methyl sites for hydroxylation is 1. The van der Waals surface area contributed by atoms with E-state index in [-0.39, 0.29) is 5.91 Å². The normalized spacial score (nSPS) is 10.2. The number of carbonyl (C=O) groups excluding carboxylic acids is 1. The number of nitrogens with zero attached hydrogens (tertiary/aromatic N) is 1. The molecule has 0 aliphatic heterocycles. The first-order valence-electron chi connectivity index (χ1n) is 6.37. The monoisotopic (exact) mass is 289 g/mol. The smallest absolute Gasteiger partial charge is 0.257 e. The van der Waals surface area contributed by atoms with Crippen LogP contribution in [0.1, 0.15) is 23.0 Å². The summed E-state index contributed by atoms with van der Waals surface area (Å²) in [6.07, 6.45) is 1.66. The molecule has 0 atom stereocenters. The van der Waals surface area contributed by atoms with Crippen molar-refractivity contribution in [1.29, 1.82) is 0 Å². The molecule has 2 N–H and O–H groups in total. The number of carbonyl (C=O) groups is 1. The number of nitrogens with one attached hydrogen (secondary N) is 2. The van der Waals surface area contributed by atoms with Crippen molar-refractivity contribution in [2.24, 2.45) is 0 Å². The Labute approximate surface area is 123 Å². The highest BCUT2D eigenvalue weighted by Crippen LogP contribution is 2.22. The lowest BCUT2D eigenvalue weighted by Gasteiger charge is -2.11. The number of aromatic nitrogens is 1. The lowest BCUT2D eigenvalue weighted by molar-refractivity contribution is 0.102. The Morgan fingerprint density at radius 1 is 1.30 bits per heavy atom. The van der Waals surface area contributed by atoms with Gasteiger partial charge in [0.1, 0.15) is 0 Å². The highest BCUT2D eigenvalue weighted by molar-refractivity contribution is 6.31. The predicted molar refractivity (Wildman–Crippen MR) is 82.5 cm³/mol. The summed E-state index contributed by atoms with van der Waals surface area (Å²) in [6.45, 7) is 4.58. The van der Waals surface area contributed by atoms with Crippen molar-refractivity contribution < 1.29 is 4.79 Å². The van der Waals surface area contributed by atoms with Gasteiger partial charge in [0.2, 0.25) is 0 Å². The summed E-state index contributed by atoms with van der Waals surface area (Å²) in [5.74, 6) is -0.200. The summed E-state index contributed by atoms with van der Waals surface area (Å²) in [7, 11) is 0. The van der Waals surface area contributed by atoms with E-state index in [0.29, 0.717) is 16.3 Å². The maximum Gasteiger partial charge on any atom is 0.257 e. The van der Waals surface area contributed by atoms with Crippen LogP contribution >= 0.6 is 11.6 Å². The molecule has 0 spiro atoms. The molecule has 0 saturated heterocycles. The van der Waals surface area contributed by atoms with E-state index in [0.717, 1.165) is 17.9 Å². The van der Waals surface area contributed by atoms with Gasteiger partial charge in [0.25, 0.3) is 5.91 Å². The Bertz CT molecular complexity index is 628. The molecule has 1 aromatic carbocycles. The second-order valence-electron chi connectivity index (χ2n) is 4.36. The Hall–Kier alpha value is -2.07. The highest BCUT2D eigenvalue weighted by atomic mass is 35.5. The molecule has 104 valence electrons. The van der Waals surface area contributed by atoms with Gasteiger partial charge in [0.15, 0.2) is 0 Å². The number of anilines is 2. The van der Waals surface area contributed by atoms with Gasteiger partial charge in [0.05, 0.1) is 5.56 Å². The molecule has 0 radical (unpaired) electrons. The van der Waals surface area contributed by atoms with Crippen LogP contribution < -0.4 is 10.6 Å². The van der Waals surface area contributed by atoms with Crippen molar-refractivity contribution in [3.05, 3.63) is 52.8 Å². The minimum Gasteiger partial charge on any atom is -0.385 e. The molecule has 2 aromatic rings. The van der Waals surface area contributed by atoms with Crippen LogP contribution in [0.3, 0.4) is 0 Å². The van der Waals surface area contributed by atoms with Gasteiger partial charge in [-0.15, -0.1) is 0 Å². The van der Waals surface area contributed by atoms with Gasteiger partial charge in [-0.3, -0.25) is 9.78 Å². The molecule has 0 unspecified atom stereocenters. The van der Waals surface area contributed by atoms with Crippen LogP contribution in [0.25, 0.3) is 0 Å². The van der Waals surface area contributed by atoms with E-state index in [1.807, 2.05) is 19.9 Å². The van der Waals surface area contributed by atoms with Gasteiger partial charge in [-0.2, -0.15) is 0 Å². The summed E-state index contributed by atoms with van der Waals surface area (Å²) in [6, 6.07) is 8.78. The summed E-state index contributed by atoms with van der Waals surface area (Å²) in [4.78, 5) is 16.4. The zero-order valence-corrected chi connectivity index (χ0v) is 12.2. The highest BCUT2D eigenvalue weighted by Gasteiger charge is 2.12. The largest absolute Gasteiger partial charge is 0.385 e. The Kier molecular flexibility index (Phi) is 4.58. The molecule has 0 aliphatic carbocycles. The van der Waals surface area contributed by atoms with Crippen molar-refractivity contribution in [2.75, 3.05) is 17.2 Å². The molecular weight excluding hydrogens is 274 g/mol. The number of hydrogen-bond acceptors (Lipinski definition) is 3. The SMILES string of the molecule is CCNc1ccc(Cl)cc1C(=O)Nc1ccnc(C)c1. The quantitative estimate of drug-likeness (QED) is 0.902. The summed E-state index contributed by atoms with van der Waals surface area (Å²) >= 11 is 5.97.